The summed E-state index contributed by atoms with van der Waals surface area (Å²) in [6.07, 6.45) is 1.49. The summed E-state index contributed by atoms with van der Waals surface area (Å²) < 4.78 is 0. The molecule has 0 saturated carbocycles. The number of hydrogen-bond donors (Lipinski definition) is 2. The van der Waals surface area contributed by atoms with Gasteiger partial charge in [-0.1, -0.05) is 11.6 Å². The summed E-state index contributed by atoms with van der Waals surface area (Å²) in [6, 6.07) is 1.70. The Morgan fingerprint density at radius 2 is 2.36 bits per heavy atom. The van der Waals surface area contributed by atoms with Crippen LogP contribution in [0.4, 0.5) is 0 Å². The van der Waals surface area contributed by atoms with Gasteiger partial charge in [0.05, 0.1) is 5.02 Å². The van der Waals surface area contributed by atoms with Crippen molar-refractivity contribution < 1.29 is 9.90 Å². The molecular formula is C9H12ClNO2S. The largest absolute Gasteiger partial charge is 0.396 e. The van der Waals surface area contributed by atoms with Gasteiger partial charge in [0.25, 0.3) is 5.91 Å². The van der Waals surface area contributed by atoms with Crippen LogP contribution in [-0.2, 0) is 0 Å². The minimum absolute atomic E-state index is 0.136. The summed E-state index contributed by atoms with van der Waals surface area (Å²) in [5, 5.41) is 13.5. The molecule has 78 valence electrons. The van der Waals surface area contributed by atoms with Gasteiger partial charge < -0.3 is 10.4 Å². The van der Waals surface area contributed by atoms with Crippen molar-refractivity contribution in [3.05, 3.63) is 21.3 Å². The first kappa shape index (κ1) is 11.5. The Balaban J connectivity index is 2.32. The van der Waals surface area contributed by atoms with Crippen molar-refractivity contribution in [3.63, 3.8) is 0 Å². The van der Waals surface area contributed by atoms with Crippen molar-refractivity contribution in [1.82, 2.24) is 5.32 Å². The fraction of sp³-hybridized carbons (Fsp3) is 0.444. The van der Waals surface area contributed by atoms with Crippen molar-refractivity contribution >= 4 is 28.8 Å². The molecule has 0 aromatic carbocycles. The van der Waals surface area contributed by atoms with Gasteiger partial charge in [0.1, 0.15) is 4.88 Å². The molecule has 1 aromatic heterocycles. The Morgan fingerprint density at radius 1 is 1.57 bits per heavy atom. The van der Waals surface area contributed by atoms with Crippen LogP contribution in [0.5, 0.6) is 0 Å². The molecule has 14 heavy (non-hydrogen) atoms. The van der Waals surface area contributed by atoms with E-state index in [0.717, 1.165) is 6.42 Å². The van der Waals surface area contributed by atoms with Crippen LogP contribution in [0.3, 0.4) is 0 Å². The Hall–Kier alpha value is -0.580. The average molecular weight is 234 g/mol. The number of carbonyl (C=O) groups excluding carboxylic acids is 1. The van der Waals surface area contributed by atoms with Crippen LogP contribution >= 0.6 is 22.9 Å². The average Bonchev–Trinajstić information content (AvgIpc) is 2.59. The predicted molar refractivity (Wildman–Crippen MR) is 58.0 cm³/mol. The molecule has 0 atom stereocenters. The minimum atomic E-state index is -0.136. The Bertz CT molecular complexity index is 301. The van der Waals surface area contributed by atoms with E-state index in [1.54, 1.807) is 11.4 Å². The highest BCUT2D eigenvalue weighted by Gasteiger charge is 2.10. The summed E-state index contributed by atoms with van der Waals surface area (Å²) in [5.74, 6) is -0.136. The summed E-state index contributed by atoms with van der Waals surface area (Å²) in [4.78, 5) is 12.0. The highest BCUT2D eigenvalue weighted by Crippen LogP contribution is 2.21. The normalized spacial score (nSPS) is 10.1. The maximum Gasteiger partial charge on any atom is 0.262 e. The van der Waals surface area contributed by atoms with Crippen LogP contribution in [0.1, 0.15) is 22.5 Å². The molecule has 3 nitrogen and oxygen atoms in total. The van der Waals surface area contributed by atoms with Gasteiger partial charge in [-0.25, -0.2) is 0 Å². The van der Waals surface area contributed by atoms with E-state index in [4.69, 9.17) is 16.7 Å². The van der Waals surface area contributed by atoms with Gasteiger partial charge >= 0.3 is 0 Å². The molecular weight excluding hydrogens is 222 g/mol. The van der Waals surface area contributed by atoms with E-state index in [2.05, 4.69) is 5.32 Å². The van der Waals surface area contributed by atoms with E-state index in [0.29, 0.717) is 22.9 Å². The quantitative estimate of drug-likeness (QED) is 0.764. The lowest BCUT2D eigenvalue weighted by molar-refractivity contribution is 0.0956. The Labute approximate surface area is 91.7 Å². The second-order valence-corrected chi connectivity index (χ2v) is 4.11. The standard InChI is InChI=1S/C9H12ClNO2S/c10-7-3-6-14-8(7)9(13)11-4-1-2-5-12/h3,6,12H,1-2,4-5H2,(H,11,13). The number of aliphatic hydroxyl groups is 1. The van der Waals surface area contributed by atoms with Crippen molar-refractivity contribution in [2.45, 2.75) is 12.8 Å². The number of nitrogens with one attached hydrogen (secondary N) is 1. The second-order valence-electron chi connectivity index (χ2n) is 2.78. The third-order valence-electron chi connectivity index (χ3n) is 1.69. The zero-order valence-electron chi connectivity index (χ0n) is 7.62. The summed E-state index contributed by atoms with van der Waals surface area (Å²) >= 11 is 7.11. The molecule has 0 spiro atoms. The maximum absolute atomic E-state index is 11.4. The van der Waals surface area contributed by atoms with Gasteiger partial charge in [-0.05, 0) is 24.3 Å². The van der Waals surface area contributed by atoms with Crippen LogP contribution < -0.4 is 5.32 Å². The van der Waals surface area contributed by atoms with Crippen LogP contribution in [0.2, 0.25) is 5.02 Å². The molecule has 1 heterocycles. The van der Waals surface area contributed by atoms with Crippen LogP contribution in [0.25, 0.3) is 0 Å². The number of rotatable bonds is 5. The van der Waals surface area contributed by atoms with Crippen LogP contribution in [0.15, 0.2) is 11.4 Å². The van der Waals surface area contributed by atoms with E-state index >= 15 is 0 Å². The van der Waals surface area contributed by atoms with Gasteiger partial charge in [-0.15, -0.1) is 11.3 Å². The van der Waals surface area contributed by atoms with E-state index in [9.17, 15) is 4.79 Å². The molecule has 0 aliphatic heterocycles. The van der Waals surface area contributed by atoms with Crippen LogP contribution in [0, 0.1) is 0 Å². The van der Waals surface area contributed by atoms with Gasteiger partial charge in [0.2, 0.25) is 0 Å². The van der Waals surface area contributed by atoms with Crippen molar-refractivity contribution in [2.24, 2.45) is 0 Å². The second kappa shape index (κ2) is 6.01. The van der Waals surface area contributed by atoms with E-state index in [1.165, 1.54) is 11.3 Å². The first-order valence-electron chi connectivity index (χ1n) is 4.37. The molecule has 0 saturated heterocycles. The maximum atomic E-state index is 11.4. The lowest BCUT2D eigenvalue weighted by Crippen LogP contribution is -2.23. The molecule has 0 aliphatic rings. The molecule has 1 aromatic rings. The molecule has 0 bridgehead atoms. The number of thiophene rings is 1. The lowest BCUT2D eigenvalue weighted by atomic mass is 10.3. The lowest BCUT2D eigenvalue weighted by Gasteiger charge is -2.02. The summed E-state index contributed by atoms with van der Waals surface area (Å²) in [6.45, 7) is 0.739. The van der Waals surface area contributed by atoms with Gasteiger partial charge in [0.15, 0.2) is 0 Å². The fourth-order valence-corrected chi connectivity index (χ4v) is 2.03. The first-order valence-corrected chi connectivity index (χ1v) is 5.63. The summed E-state index contributed by atoms with van der Waals surface area (Å²) in [7, 11) is 0. The minimum Gasteiger partial charge on any atom is -0.396 e. The Kier molecular flexibility index (Phi) is 4.93. The molecule has 0 unspecified atom stereocenters. The number of hydrogen-bond acceptors (Lipinski definition) is 3. The third-order valence-corrected chi connectivity index (χ3v) is 3.03. The predicted octanol–water partition coefficient (Wildman–Crippen LogP) is 1.90. The highest BCUT2D eigenvalue weighted by atomic mass is 35.5. The number of amides is 1. The number of unbranched alkanes of at least 4 members (excludes halogenated alkanes) is 1. The molecule has 1 amide bonds. The van der Waals surface area contributed by atoms with E-state index in [-0.39, 0.29) is 12.5 Å². The highest BCUT2D eigenvalue weighted by molar-refractivity contribution is 7.12. The van der Waals surface area contributed by atoms with E-state index in [1.807, 2.05) is 0 Å². The molecule has 0 fully saturated rings. The van der Waals surface area contributed by atoms with E-state index < -0.39 is 0 Å². The Morgan fingerprint density at radius 3 is 2.93 bits per heavy atom. The summed E-state index contributed by atoms with van der Waals surface area (Å²) in [5.41, 5.74) is 0. The third kappa shape index (κ3) is 3.29. The van der Waals surface area contributed by atoms with Gasteiger partial charge in [-0.2, -0.15) is 0 Å². The fourth-order valence-electron chi connectivity index (χ4n) is 0.975. The topological polar surface area (TPSA) is 49.3 Å². The zero-order valence-corrected chi connectivity index (χ0v) is 9.20. The van der Waals surface area contributed by atoms with Crippen molar-refractivity contribution in [2.75, 3.05) is 13.2 Å². The monoisotopic (exact) mass is 233 g/mol. The van der Waals surface area contributed by atoms with Gasteiger partial charge in [-0.3, -0.25) is 4.79 Å². The first-order chi connectivity index (χ1) is 6.75. The SMILES string of the molecule is O=C(NCCCCO)c1sccc1Cl. The number of carbonyl (C=O) groups is 1. The molecule has 0 aliphatic carbocycles. The molecule has 0 radical (unpaired) electrons. The molecule has 5 heteroatoms. The van der Waals surface area contributed by atoms with Crippen LogP contribution in [-0.4, -0.2) is 24.2 Å². The van der Waals surface area contributed by atoms with Crippen molar-refractivity contribution in [3.8, 4) is 0 Å². The number of halogens is 1. The number of aliphatic hydroxyl groups excluding tert-OH is 1. The smallest absolute Gasteiger partial charge is 0.262 e. The molecule has 2 N–H and O–H groups in total. The van der Waals surface area contributed by atoms with Crippen molar-refractivity contribution in [1.29, 1.82) is 0 Å². The molecule has 1 rings (SSSR count). The van der Waals surface area contributed by atoms with Gasteiger partial charge in [0, 0.05) is 13.2 Å². The zero-order chi connectivity index (χ0) is 10.4.